The van der Waals surface area contributed by atoms with Crippen molar-refractivity contribution in [2.75, 3.05) is 12.3 Å². The first-order chi connectivity index (χ1) is 12.6. The van der Waals surface area contributed by atoms with Gasteiger partial charge in [0, 0.05) is 22.3 Å². The minimum atomic E-state index is -0.439. The zero-order valence-electron chi connectivity index (χ0n) is 13.9. The topological polar surface area (TPSA) is 89.0 Å². The molecule has 0 unspecified atom stereocenters. The number of nitrogens with zero attached hydrogens (tertiary/aromatic N) is 2. The van der Waals surface area contributed by atoms with E-state index in [-0.39, 0.29) is 6.61 Å². The molecular weight excluding hydrogens is 386 g/mol. The summed E-state index contributed by atoms with van der Waals surface area (Å²) < 4.78 is 5.95. The smallest absolute Gasteiger partial charge is 0.348 e. The highest BCUT2D eigenvalue weighted by Gasteiger charge is 2.23. The number of nitrogen functional groups attached to an aromatic ring is 1. The first kappa shape index (κ1) is 18.5. The van der Waals surface area contributed by atoms with Gasteiger partial charge >= 0.3 is 5.97 Å². The lowest BCUT2D eigenvalue weighted by atomic mass is 10.2. The summed E-state index contributed by atoms with van der Waals surface area (Å²) in [5, 5.41) is 11.7. The normalized spacial score (nSPS) is 10.5. The summed E-state index contributed by atoms with van der Waals surface area (Å²) >= 11 is 4.12. The van der Waals surface area contributed by atoms with Crippen LogP contribution < -0.4 is 5.73 Å². The fraction of sp³-hybridized carbons (Fsp3) is 0.167. The lowest BCUT2D eigenvalue weighted by molar-refractivity contribution is 0.0531. The van der Waals surface area contributed by atoms with Crippen LogP contribution in [0.15, 0.2) is 40.1 Å². The molecule has 2 N–H and O–H groups in total. The molecule has 0 radical (unpaired) electrons. The Morgan fingerprint density at radius 1 is 1.38 bits per heavy atom. The van der Waals surface area contributed by atoms with E-state index >= 15 is 0 Å². The van der Waals surface area contributed by atoms with Gasteiger partial charge in [-0.25, -0.2) is 9.78 Å². The summed E-state index contributed by atoms with van der Waals surface area (Å²) in [6, 6.07) is 12.0. The van der Waals surface area contributed by atoms with Crippen molar-refractivity contribution in [1.82, 2.24) is 4.98 Å². The number of thiophene rings is 1. The van der Waals surface area contributed by atoms with Gasteiger partial charge in [0.2, 0.25) is 0 Å². The van der Waals surface area contributed by atoms with Gasteiger partial charge in [0.15, 0.2) is 4.34 Å². The van der Waals surface area contributed by atoms with Crippen molar-refractivity contribution >= 4 is 45.4 Å². The minimum absolute atomic E-state index is 0.276. The van der Waals surface area contributed by atoms with Crippen LogP contribution in [0.1, 0.15) is 27.7 Å². The van der Waals surface area contributed by atoms with Crippen LogP contribution in [0.3, 0.4) is 0 Å². The molecule has 0 amide bonds. The molecule has 0 saturated carbocycles. The summed E-state index contributed by atoms with van der Waals surface area (Å²) in [6.07, 6.45) is 0. The molecule has 0 bridgehead atoms. The van der Waals surface area contributed by atoms with Crippen LogP contribution in [0, 0.1) is 11.3 Å². The Labute approximate surface area is 163 Å². The largest absolute Gasteiger partial charge is 0.462 e. The Morgan fingerprint density at radius 3 is 2.85 bits per heavy atom. The number of anilines is 1. The maximum atomic E-state index is 12.1. The van der Waals surface area contributed by atoms with E-state index < -0.39 is 5.97 Å². The number of ether oxygens (including phenoxy) is 1. The Kier molecular flexibility index (Phi) is 5.93. The molecule has 8 heteroatoms. The van der Waals surface area contributed by atoms with Crippen LogP contribution in [0.5, 0.6) is 0 Å². The predicted molar refractivity (Wildman–Crippen MR) is 107 cm³/mol. The van der Waals surface area contributed by atoms with Crippen molar-refractivity contribution in [2.24, 2.45) is 0 Å². The average molecular weight is 402 g/mol. The first-order valence-electron chi connectivity index (χ1n) is 7.76. The van der Waals surface area contributed by atoms with Crippen molar-refractivity contribution in [3.05, 3.63) is 51.7 Å². The molecule has 26 heavy (non-hydrogen) atoms. The van der Waals surface area contributed by atoms with Gasteiger partial charge in [0.1, 0.15) is 15.9 Å². The van der Waals surface area contributed by atoms with E-state index in [0.717, 1.165) is 26.9 Å². The number of benzene rings is 1. The Bertz CT molecular complexity index is 958. The predicted octanol–water partition coefficient (Wildman–Crippen LogP) is 4.79. The van der Waals surface area contributed by atoms with E-state index in [9.17, 15) is 10.1 Å². The van der Waals surface area contributed by atoms with Crippen LogP contribution in [-0.4, -0.2) is 17.6 Å². The third-order valence-corrected chi connectivity index (χ3v) is 6.59. The van der Waals surface area contributed by atoms with Crippen LogP contribution in [0.25, 0.3) is 11.3 Å². The van der Waals surface area contributed by atoms with Crippen LogP contribution in [-0.2, 0) is 10.5 Å². The Balaban J connectivity index is 1.81. The number of esters is 1. The van der Waals surface area contributed by atoms with E-state index in [2.05, 4.69) is 11.1 Å². The molecule has 2 aromatic heterocycles. The van der Waals surface area contributed by atoms with Crippen LogP contribution in [0.2, 0.25) is 0 Å². The average Bonchev–Trinajstić information content (AvgIpc) is 3.25. The monoisotopic (exact) mass is 401 g/mol. The minimum Gasteiger partial charge on any atom is -0.462 e. The molecule has 3 aromatic rings. The van der Waals surface area contributed by atoms with Crippen LogP contribution >= 0.6 is 34.4 Å². The summed E-state index contributed by atoms with van der Waals surface area (Å²) in [5.74, 6) is -0.00244. The molecule has 0 aliphatic heterocycles. The molecule has 0 atom stereocenters. The van der Waals surface area contributed by atoms with Gasteiger partial charge in [0.25, 0.3) is 0 Å². The lowest BCUT2D eigenvalue weighted by Crippen LogP contribution is -2.05. The summed E-state index contributed by atoms with van der Waals surface area (Å²) in [7, 11) is 0. The number of aromatic nitrogens is 1. The Hall–Kier alpha value is -2.34. The first-order valence-corrected chi connectivity index (χ1v) is 10.4. The third-order valence-electron chi connectivity index (χ3n) is 3.50. The number of rotatable bonds is 6. The molecule has 0 fully saturated rings. The number of thiazole rings is 1. The van der Waals surface area contributed by atoms with E-state index in [1.54, 1.807) is 6.92 Å². The van der Waals surface area contributed by atoms with E-state index in [0.29, 0.717) is 26.8 Å². The van der Waals surface area contributed by atoms with E-state index in [1.165, 1.54) is 23.1 Å². The van der Waals surface area contributed by atoms with Gasteiger partial charge in [-0.3, -0.25) is 0 Å². The Morgan fingerprint density at radius 2 is 2.15 bits per heavy atom. The second-order valence-corrected chi connectivity index (χ2v) is 8.27. The third kappa shape index (κ3) is 3.90. The number of hydrogen-bond acceptors (Lipinski definition) is 8. The fourth-order valence-electron chi connectivity index (χ4n) is 2.31. The molecule has 5 nitrogen and oxygen atoms in total. The molecule has 3 rings (SSSR count). The fourth-order valence-corrected chi connectivity index (χ4v) is 5.19. The van der Waals surface area contributed by atoms with Crippen molar-refractivity contribution in [2.45, 2.75) is 17.0 Å². The molecule has 1 aromatic carbocycles. The van der Waals surface area contributed by atoms with Crippen molar-refractivity contribution in [3.63, 3.8) is 0 Å². The highest BCUT2D eigenvalue weighted by Crippen LogP contribution is 2.37. The zero-order chi connectivity index (χ0) is 18.5. The van der Waals surface area contributed by atoms with Gasteiger partial charge < -0.3 is 10.5 Å². The second kappa shape index (κ2) is 8.36. The summed E-state index contributed by atoms with van der Waals surface area (Å²) in [5.41, 5.74) is 8.84. The summed E-state index contributed by atoms with van der Waals surface area (Å²) in [4.78, 5) is 17.2. The second-order valence-electron chi connectivity index (χ2n) is 5.13. The van der Waals surface area contributed by atoms with Crippen molar-refractivity contribution in [3.8, 4) is 17.3 Å². The molecular formula is C18H15N3O2S3. The SMILES string of the molecule is CCOC(=O)c1sc(N)c(C#N)c1CSc1nc(-c2ccccc2)cs1. The maximum Gasteiger partial charge on any atom is 0.348 e. The number of nitriles is 1. The van der Waals surface area contributed by atoms with Gasteiger partial charge in [-0.15, -0.1) is 22.7 Å². The van der Waals surface area contributed by atoms with E-state index in [1.807, 2.05) is 35.7 Å². The quantitative estimate of drug-likeness (QED) is 0.472. The molecule has 132 valence electrons. The van der Waals surface area contributed by atoms with Crippen molar-refractivity contribution in [1.29, 1.82) is 5.26 Å². The number of nitrogens with two attached hydrogens (primary N) is 1. The molecule has 0 aliphatic carbocycles. The molecule has 0 aliphatic rings. The zero-order valence-corrected chi connectivity index (χ0v) is 16.3. The summed E-state index contributed by atoms with van der Waals surface area (Å²) in [6.45, 7) is 2.02. The van der Waals surface area contributed by atoms with Crippen molar-refractivity contribution < 1.29 is 9.53 Å². The van der Waals surface area contributed by atoms with Gasteiger partial charge in [-0.2, -0.15) is 5.26 Å². The number of carbonyl (C=O) groups excluding carboxylic acids is 1. The standard InChI is InChI=1S/C18H15N3O2S3/c1-2-23-17(22)15-13(12(8-19)16(20)26-15)9-24-18-21-14(10-25-18)11-6-4-3-5-7-11/h3-7,10H,2,9,20H2,1H3. The van der Waals surface area contributed by atoms with Gasteiger partial charge in [-0.05, 0) is 6.92 Å². The van der Waals surface area contributed by atoms with E-state index in [4.69, 9.17) is 10.5 Å². The van der Waals surface area contributed by atoms with Gasteiger partial charge in [-0.1, -0.05) is 42.1 Å². The number of thioether (sulfide) groups is 1. The molecule has 0 saturated heterocycles. The van der Waals surface area contributed by atoms with Crippen LogP contribution in [0.4, 0.5) is 5.00 Å². The van der Waals surface area contributed by atoms with Gasteiger partial charge in [0.05, 0.1) is 17.9 Å². The number of carbonyl (C=O) groups is 1. The lowest BCUT2D eigenvalue weighted by Gasteiger charge is -2.03. The molecule has 0 spiro atoms. The highest BCUT2D eigenvalue weighted by atomic mass is 32.2. The maximum absolute atomic E-state index is 12.1. The molecule has 2 heterocycles. The number of hydrogen-bond donors (Lipinski definition) is 1. The highest BCUT2D eigenvalue weighted by molar-refractivity contribution is 8.00.